The van der Waals surface area contributed by atoms with Crippen molar-refractivity contribution in [3.05, 3.63) is 71.5 Å². The number of carbonyl (C=O) groups excluding carboxylic acids is 2. The van der Waals surface area contributed by atoms with E-state index in [4.69, 9.17) is 0 Å². The van der Waals surface area contributed by atoms with Crippen LogP contribution in [-0.4, -0.2) is 60.9 Å². The van der Waals surface area contributed by atoms with E-state index >= 15 is 0 Å². The zero-order valence-corrected chi connectivity index (χ0v) is 15.9. The Morgan fingerprint density at radius 1 is 0.964 bits per heavy atom. The summed E-state index contributed by atoms with van der Waals surface area (Å²) in [5.74, 6) is -0.875. The van der Waals surface area contributed by atoms with Gasteiger partial charge < -0.3 is 15.1 Å². The van der Waals surface area contributed by atoms with Gasteiger partial charge in [-0.15, -0.1) is 0 Å². The predicted molar refractivity (Wildman–Crippen MR) is 107 cm³/mol. The third-order valence-electron chi connectivity index (χ3n) is 4.97. The topological polar surface area (TPSA) is 52.7 Å². The number of amides is 2. The van der Waals surface area contributed by atoms with Crippen molar-refractivity contribution in [2.45, 2.75) is 12.8 Å². The summed E-state index contributed by atoms with van der Waals surface area (Å²) in [6, 6.07) is 15.8. The highest BCUT2D eigenvalue weighted by atomic mass is 19.1. The fourth-order valence-corrected chi connectivity index (χ4v) is 3.33. The molecule has 1 fully saturated rings. The molecule has 0 atom stereocenters. The zero-order chi connectivity index (χ0) is 19.8. The van der Waals surface area contributed by atoms with Crippen molar-refractivity contribution in [3.63, 3.8) is 0 Å². The van der Waals surface area contributed by atoms with Gasteiger partial charge in [-0.25, -0.2) is 4.39 Å². The Kier molecular flexibility index (Phi) is 7.14. The van der Waals surface area contributed by atoms with E-state index in [-0.39, 0.29) is 30.3 Å². The van der Waals surface area contributed by atoms with E-state index in [1.54, 1.807) is 17.0 Å². The van der Waals surface area contributed by atoms with Gasteiger partial charge in [-0.1, -0.05) is 42.5 Å². The molecule has 0 radical (unpaired) electrons. The molecule has 1 N–H and O–H groups in total. The van der Waals surface area contributed by atoms with Crippen LogP contribution in [-0.2, 0) is 11.2 Å². The van der Waals surface area contributed by atoms with Crippen molar-refractivity contribution in [3.8, 4) is 0 Å². The van der Waals surface area contributed by atoms with Gasteiger partial charge in [0.2, 0.25) is 5.91 Å². The lowest BCUT2D eigenvalue weighted by molar-refractivity contribution is -0.131. The quantitative estimate of drug-likeness (QED) is 0.799. The summed E-state index contributed by atoms with van der Waals surface area (Å²) in [5, 5.41) is 3.22. The molecule has 0 bridgehead atoms. The molecule has 1 aliphatic heterocycles. The van der Waals surface area contributed by atoms with E-state index < -0.39 is 5.82 Å². The van der Waals surface area contributed by atoms with E-state index in [0.717, 1.165) is 18.7 Å². The van der Waals surface area contributed by atoms with Crippen LogP contribution >= 0.6 is 0 Å². The van der Waals surface area contributed by atoms with E-state index in [1.807, 2.05) is 35.2 Å². The Balaban J connectivity index is 1.67. The van der Waals surface area contributed by atoms with Gasteiger partial charge in [0.25, 0.3) is 5.91 Å². The van der Waals surface area contributed by atoms with Gasteiger partial charge in [0.1, 0.15) is 5.82 Å². The van der Waals surface area contributed by atoms with Crippen LogP contribution < -0.4 is 5.32 Å². The summed E-state index contributed by atoms with van der Waals surface area (Å²) in [6.07, 6.45) is 0.901. The van der Waals surface area contributed by atoms with Crippen molar-refractivity contribution < 1.29 is 14.0 Å². The van der Waals surface area contributed by atoms with Crippen LogP contribution in [0.15, 0.2) is 54.6 Å². The van der Waals surface area contributed by atoms with Gasteiger partial charge in [-0.3, -0.25) is 9.59 Å². The monoisotopic (exact) mass is 383 g/mol. The molecular weight excluding hydrogens is 357 g/mol. The lowest BCUT2D eigenvalue weighted by atomic mass is 10.1. The van der Waals surface area contributed by atoms with Gasteiger partial charge in [-0.2, -0.15) is 0 Å². The molecule has 5 nitrogen and oxygen atoms in total. The molecule has 3 rings (SSSR count). The Morgan fingerprint density at radius 3 is 2.36 bits per heavy atom. The van der Waals surface area contributed by atoms with Gasteiger partial charge in [-0.05, 0) is 24.1 Å². The predicted octanol–water partition coefficient (Wildman–Crippen LogP) is 2.33. The molecule has 0 saturated carbocycles. The number of hydrogen-bond donors (Lipinski definition) is 1. The minimum Gasteiger partial charge on any atom is -0.340 e. The molecule has 2 aromatic carbocycles. The Morgan fingerprint density at radius 2 is 1.64 bits per heavy atom. The van der Waals surface area contributed by atoms with E-state index in [0.29, 0.717) is 26.1 Å². The van der Waals surface area contributed by atoms with Crippen LogP contribution in [0.25, 0.3) is 0 Å². The molecule has 2 aromatic rings. The lowest BCUT2D eigenvalue weighted by Gasteiger charge is -2.29. The molecule has 0 spiro atoms. The zero-order valence-electron chi connectivity index (χ0n) is 15.9. The van der Waals surface area contributed by atoms with Crippen molar-refractivity contribution in [2.24, 2.45) is 0 Å². The van der Waals surface area contributed by atoms with E-state index in [1.165, 1.54) is 12.1 Å². The SMILES string of the molecule is O=C(CCN(CCc1ccccc1)C(=O)c1ccccc1F)N1CCNCC1. The van der Waals surface area contributed by atoms with Gasteiger partial charge in [0.05, 0.1) is 5.56 Å². The average Bonchev–Trinajstić information content (AvgIpc) is 2.75. The van der Waals surface area contributed by atoms with E-state index in [2.05, 4.69) is 5.32 Å². The number of nitrogens with zero attached hydrogens (tertiary/aromatic N) is 2. The maximum atomic E-state index is 14.1. The Hall–Kier alpha value is -2.73. The molecule has 28 heavy (non-hydrogen) atoms. The number of rotatable bonds is 7. The largest absolute Gasteiger partial charge is 0.340 e. The van der Waals surface area contributed by atoms with Crippen molar-refractivity contribution in [2.75, 3.05) is 39.3 Å². The number of nitrogens with one attached hydrogen (secondary N) is 1. The first-order valence-corrected chi connectivity index (χ1v) is 9.71. The van der Waals surface area contributed by atoms with Gasteiger partial charge in [0.15, 0.2) is 0 Å². The molecule has 0 aromatic heterocycles. The van der Waals surface area contributed by atoms with Gasteiger partial charge >= 0.3 is 0 Å². The summed E-state index contributed by atoms with van der Waals surface area (Å²) >= 11 is 0. The second-order valence-corrected chi connectivity index (χ2v) is 6.89. The second kappa shape index (κ2) is 9.99. The van der Waals surface area contributed by atoms with Crippen LogP contribution in [0.1, 0.15) is 22.3 Å². The molecule has 1 aliphatic rings. The number of hydrogen-bond acceptors (Lipinski definition) is 3. The summed E-state index contributed by atoms with van der Waals surface area (Å²) in [7, 11) is 0. The molecule has 0 aliphatic carbocycles. The maximum absolute atomic E-state index is 14.1. The first kappa shape index (κ1) is 20.0. The first-order valence-electron chi connectivity index (χ1n) is 9.71. The lowest BCUT2D eigenvalue weighted by Crippen LogP contribution is -2.47. The first-order chi connectivity index (χ1) is 13.6. The highest BCUT2D eigenvalue weighted by Gasteiger charge is 2.22. The normalized spacial score (nSPS) is 14.0. The Labute approximate surface area is 165 Å². The second-order valence-electron chi connectivity index (χ2n) is 6.89. The smallest absolute Gasteiger partial charge is 0.256 e. The van der Waals surface area contributed by atoms with Crippen LogP contribution in [0.5, 0.6) is 0 Å². The average molecular weight is 383 g/mol. The summed E-state index contributed by atoms with van der Waals surface area (Å²) in [6.45, 7) is 3.66. The number of benzene rings is 2. The number of halogens is 1. The van der Waals surface area contributed by atoms with Gasteiger partial charge in [0, 0.05) is 45.7 Å². The molecular formula is C22H26FN3O2. The van der Waals surface area contributed by atoms with Crippen LogP contribution in [0, 0.1) is 5.82 Å². The fraction of sp³-hybridized carbons (Fsp3) is 0.364. The van der Waals surface area contributed by atoms with E-state index in [9.17, 15) is 14.0 Å². The summed E-state index contributed by atoms with van der Waals surface area (Å²) in [5.41, 5.74) is 1.15. The molecule has 6 heteroatoms. The molecule has 148 valence electrons. The van der Waals surface area contributed by atoms with Crippen molar-refractivity contribution >= 4 is 11.8 Å². The minimum absolute atomic E-state index is 0.0348. The molecule has 2 amide bonds. The third kappa shape index (κ3) is 5.39. The van der Waals surface area contributed by atoms with Crippen LogP contribution in [0.4, 0.5) is 4.39 Å². The van der Waals surface area contributed by atoms with Crippen molar-refractivity contribution in [1.82, 2.24) is 15.1 Å². The molecule has 1 saturated heterocycles. The van der Waals surface area contributed by atoms with Crippen LogP contribution in [0.2, 0.25) is 0 Å². The molecule has 1 heterocycles. The number of piperazine rings is 1. The molecule has 0 unspecified atom stereocenters. The Bertz CT molecular complexity index is 791. The summed E-state index contributed by atoms with van der Waals surface area (Å²) < 4.78 is 14.1. The van der Waals surface area contributed by atoms with Crippen molar-refractivity contribution in [1.29, 1.82) is 0 Å². The fourth-order valence-electron chi connectivity index (χ4n) is 3.33. The van der Waals surface area contributed by atoms with Crippen LogP contribution in [0.3, 0.4) is 0 Å². The maximum Gasteiger partial charge on any atom is 0.256 e. The highest BCUT2D eigenvalue weighted by Crippen LogP contribution is 2.12. The standard InChI is InChI=1S/C22H26FN3O2/c23-20-9-5-4-8-19(20)22(28)26(14-10-18-6-2-1-3-7-18)15-11-21(27)25-16-12-24-13-17-25/h1-9,24H,10-17H2. The highest BCUT2D eigenvalue weighted by molar-refractivity contribution is 5.94. The summed E-state index contributed by atoms with van der Waals surface area (Å²) in [4.78, 5) is 28.8. The third-order valence-corrected chi connectivity index (χ3v) is 4.97. The number of carbonyl (C=O) groups is 2. The minimum atomic E-state index is -0.536.